The Morgan fingerprint density at radius 3 is 1.64 bits per heavy atom. The van der Waals surface area contributed by atoms with Crippen LogP contribution in [0.1, 0.15) is 51.4 Å². The molecular weight excluding hydrogens is 136 g/mol. The lowest BCUT2D eigenvalue weighted by Gasteiger charge is -2.08. The van der Waals surface area contributed by atoms with Crippen LogP contribution in [0.2, 0.25) is 0 Å². The van der Waals surface area contributed by atoms with Crippen molar-refractivity contribution < 1.29 is 4.74 Å². The molecule has 1 heterocycles. The second-order valence-electron chi connectivity index (χ2n) is 4.09. The summed E-state index contributed by atoms with van der Waals surface area (Å²) in [6, 6.07) is 0. The van der Waals surface area contributed by atoms with Gasteiger partial charge >= 0.3 is 0 Å². The Hall–Kier alpha value is -0.0400. The van der Waals surface area contributed by atoms with E-state index in [1.54, 1.807) is 0 Å². The Bertz CT molecular complexity index is 115. The summed E-state index contributed by atoms with van der Waals surface area (Å²) in [6.45, 7) is 1.06. The molecule has 1 heteroatoms. The lowest BCUT2D eigenvalue weighted by atomic mass is 9.98. The summed E-state index contributed by atoms with van der Waals surface area (Å²) in [6.07, 6.45) is 11.3. The summed E-state index contributed by atoms with van der Waals surface area (Å²) in [5.41, 5.74) is 0.393. The van der Waals surface area contributed by atoms with Crippen molar-refractivity contribution in [3.8, 4) is 0 Å². The number of hydrogen-bond donors (Lipinski definition) is 0. The molecule has 0 aromatic rings. The zero-order valence-corrected chi connectivity index (χ0v) is 7.27. The Kier molecular flexibility index (Phi) is 2.17. The van der Waals surface area contributed by atoms with Gasteiger partial charge in [0.2, 0.25) is 0 Å². The third-order valence-electron chi connectivity index (χ3n) is 3.07. The zero-order chi connectivity index (χ0) is 7.57. The summed E-state index contributed by atoms with van der Waals surface area (Å²) in [4.78, 5) is 0. The maximum Gasteiger partial charge on any atom is 0.0916 e. The highest BCUT2D eigenvalue weighted by Gasteiger charge is 2.42. The first-order valence-corrected chi connectivity index (χ1v) is 5.05. The van der Waals surface area contributed by atoms with E-state index in [1.165, 1.54) is 51.4 Å². The molecule has 1 nitrogen and oxygen atoms in total. The molecule has 0 amide bonds. The average Bonchev–Trinajstić information content (AvgIpc) is 2.70. The minimum atomic E-state index is 0.393. The molecule has 1 aliphatic heterocycles. The van der Waals surface area contributed by atoms with Crippen LogP contribution in [0.3, 0.4) is 0 Å². The maximum absolute atomic E-state index is 5.53. The van der Waals surface area contributed by atoms with Crippen molar-refractivity contribution in [2.45, 2.75) is 57.0 Å². The van der Waals surface area contributed by atoms with Crippen molar-refractivity contribution in [1.29, 1.82) is 0 Å². The van der Waals surface area contributed by atoms with Crippen LogP contribution in [-0.4, -0.2) is 12.2 Å². The third-order valence-corrected chi connectivity index (χ3v) is 3.07. The second-order valence-corrected chi connectivity index (χ2v) is 4.09. The normalized spacial score (nSPS) is 30.5. The summed E-state index contributed by atoms with van der Waals surface area (Å²) >= 11 is 0. The van der Waals surface area contributed by atoms with Crippen molar-refractivity contribution in [3.63, 3.8) is 0 Å². The summed E-state index contributed by atoms with van der Waals surface area (Å²) in [5.74, 6) is 0. The predicted octanol–water partition coefficient (Wildman–Crippen LogP) is 2.89. The van der Waals surface area contributed by atoms with E-state index in [1.807, 2.05) is 0 Å². The van der Waals surface area contributed by atoms with Gasteiger partial charge < -0.3 is 4.74 Å². The largest absolute Gasteiger partial charge is 0.370 e. The molecule has 11 heavy (non-hydrogen) atoms. The first-order chi connectivity index (χ1) is 5.41. The molecule has 1 aliphatic carbocycles. The van der Waals surface area contributed by atoms with Crippen molar-refractivity contribution in [1.82, 2.24) is 0 Å². The third kappa shape index (κ3) is 1.96. The van der Waals surface area contributed by atoms with Crippen LogP contribution in [-0.2, 0) is 4.74 Å². The highest BCUT2D eigenvalue weighted by atomic mass is 16.6. The summed E-state index contributed by atoms with van der Waals surface area (Å²) in [5, 5.41) is 0. The van der Waals surface area contributed by atoms with Crippen LogP contribution in [0.25, 0.3) is 0 Å². The van der Waals surface area contributed by atoms with E-state index in [-0.39, 0.29) is 0 Å². The van der Waals surface area contributed by atoms with Gasteiger partial charge in [-0.3, -0.25) is 0 Å². The first-order valence-electron chi connectivity index (χ1n) is 5.05. The molecule has 0 atom stereocenters. The molecule has 0 unspecified atom stereocenters. The van der Waals surface area contributed by atoms with Crippen molar-refractivity contribution in [3.05, 3.63) is 0 Å². The molecule has 64 valence electrons. The van der Waals surface area contributed by atoms with Gasteiger partial charge in [-0.1, -0.05) is 38.5 Å². The Morgan fingerprint density at radius 1 is 0.727 bits per heavy atom. The molecule has 2 aliphatic rings. The predicted molar refractivity (Wildman–Crippen MR) is 45.6 cm³/mol. The fraction of sp³-hybridized carbons (Fsp3) is 1.00. The SMILES string of the molecule is C1CCCCC2(CCC1)CO2. The molecule has 0 bridgehead atoms. The summed E-state index contributed by atoms with van der Waals surface area (Å²) < 4.78 is 5.53. The Balaban J connectivity index is 1.82. The smallest absolute Gasteiger partial charge is 0.0916 e. The maximum atomic E-state index is 5.53. The zero-order valence-electron chi connectivity index (χ0n) is 7.27. The number of ether oxygens (including phenoxy) is 1. The molecule has 0 aromatic heterocycles. The van der Waals surface area contributed by atoms with E-state index >= 15 is 0 Å². The van der Waals surface area contributed by atoms with Gasteiger partial charge in [-0.15, -0.1) is 0 Å². The molecular formula is C10H18O. The van der Waals surface area contributed by atoms with Gasteiger partial charge in [0.15, 0.2) is 0 Å². The summed E-state index contributed by atoms with van der Waals surface area (Å²) in [7, 11) is 0. The van der Waals surface area contributed by atoms with Crippen molar-refractivity contribution >= 4 is 0 Å². The van der Waals surface area contributed by atoms with Crippen LogP contribution < -0.4 is 0 Å². The lowest BCUT2D eigenvalue weighted by molar-refractivity contribution is 0.266. The number of epoxide rings is 1. The van der Waals surface area contributed by atoms with Crippen LogP contribution in [0.15, 0.2) is 0 Å². The van der Waals surface area contributed by atoms with Crippen molar-refractivity contribution in [2.75, 3.05) is 6.61 Å². The average molecular weight is 154 g/mol. The van der Waals surface area contributed by atoms with Crippen LogP contribution in [0, 0.1) is 0 Å². The van der Waals surface area contributed by atoms with Gasteiger partial charge in [-0.05, 0) is 12.8 Å². The van der Waals surface area contributed by atoms with Gasteiger partial charge in [0.1, 0.15) is 0 Å². The fourth-order valence-corrected chi connectivity index (χ4v) is 2.12. The van der Waals surface area contributed by atoms with E-state index in [0.29, 0.717) is 5.60 Å². The second kappa shape index (κ2) is 3.14. The van der Waals surface area contributed by atoms with E-state index in [4.69, 9.17) is 4.74 Å². The monoisotopic (exact) mass is 154 g/mol. The number of hydrogen-bond acceptors (Lipinski definition) is 1. The van der Waals surface area contributed by atoms with Gasteiger partial charge in [-0.2, -0.15) is 0 Å². The molecule has 0 radical (unpaired) electrons. The highest BCUT2D eigenvalue weighted by Crippen LogP contribution is 2.38. The van der Waals surface area contributed by atoms with E-state index in [9.17, 15) is 0 Å². The molecule has 0 N–H and O–H groups in total. The minimum absolute atomic E-state index is 0.393. The lowest BCUT2D eigenvalue weighted by Crippen LogP contribution is -2.09. The van der Waals surface area contributed by atoms with Gasteiger partial charge in [-0.25, -0.2) is 0 Å². The van der Waals surface area contributed by atoms with E-state index in [0.717, 1.165) is 6.61 Å². The van der Waals surface area contributed by atoms with Gasteiger partial charge in [0, 0.05) is 0 Å². The molecule has 0 aromatic carbocycles. The molecule has 1 spiro atoms. The molecule has 2 fully saturated rings. The standard InChI is InChI=1S/C10H18O/c1-2-4-6-8-10(9-11-10)7-5-3-1/h1-9H2. The topological polar surface area (TPSA) is 12.5 Å². The van der Waals surface area contributed by atoms with Crippen molar-refractivity contribution in [2.24, 2.45) is 0 Å². The minimum Gasteiger partial charge on any atom is -0.370 e. The fourth-order valence-electron chi connectivity index (χ4n) is 2.12. The Morgan fingerprint density at radius 2 is 1.18 bits per heavy atom. The molecule has 2 rings (SSSR count). The van der Waals surface area contributed by atoms with Crippen LogP contribution >= 0.6 is 0 Å². The van der Waals surface area contributed by atoms with E-state index < -0.39 is 0 Å². The van der Waals surface area contributed by atoms with Crippen LogP contribution in [0.4, 0.5) is 0 Å². The first kappa shape index (κ1) is 7.60. The quantitative estimate of drug-likeness (QED) is 0.489. The van der Waals surface area contributed by atoms with Gasteiger partial charge in [0.25, 0.3) is 0 Å². The highest BCUT2D eigenvalue weighted by molar-refractivity contribution is 4.91. The van der Waals surface area contributed by atoms with Crippen LogP contribution in [0.5, 0.6) is 0 Å². The molecule has 1 saturated carbocycles. The Labute approximate surface area is 69.1 Å². The molecule has 1 saturated heterocycles. The van der Waals surface area contributed by atoms with Gasteiger partial charge in [0.05, 0.1) is 12.2 Å². The van der Waals surface area contributed by atoms with E-state index in [2.05, 4.69) is 0 Å². The number of rotatable bonds is 0.